The van der Waals surface area contributed by atoms with Gasteiger partial charge >= 0.3 is 0 Å². The monoisotopic (exact) mass is 1060 g/mol. The molecule has 1 spiro atoms. The first-order valence-corrected chi connectivity index (χ1v) is 29.0. The number of nitrogens with one attached hydrogen (secondary N) is 3. The maximum atomic E-state index is 14.9. The van der Waals surface area contributed by atoms with Crippen LogP contribution in [-0.2, 0) is 14.8 Å². The number of carbonyl (C=O) groups is 1. The van der Waals surface area contributed by atoms with E-state index in [0.29, 0.717) is 86.2 Å². The van der Waals surface area contributed by atoms with E-state index in [4.69, 9.17) is 23.9 Å². The Kier molecular flexibility index (Phi) is 13.1. The maximum absolute atomic E-state index is 14.9. The number of likely N-dealkylation sites (tertiary alicyclic amines) is 1. The number of rotatable bonds is 11. The minimum atomic E-state index is -4.72. The van der Waals surface area contributed by atoms with E-state index in [1.807, 2.05) is 37.4 Å². The van der Waals surface area contributed by atoms with E-state index in [1.165, 1.54) is 24.5 Å². The van der Waals surface area contributed by atoms with E-state index in [2.05, 4.69) is 74.8 Å². The fourth-order valence-electron chi connectivity index (χ4n) is 13.9. The Labute approximate surface area is 444 Å². The number of sulfonamides is 1. The number of fused-ring (bicyclic) bond motifs is 4. The largest absolute Gasteiger partial charge is 0.491 e. The Morgan fingerprint density at radius 1 is 0.961 bits per heavy atom. The average Bonchev–Trinajstić information content (AvgIpc) is 3.96. The molecule has 5 aliphatic heterocycles. The fourth-order valence-corrected chi connectivity index (χ4v) is 14.9. The number of hydrogen-bond donors (Lipinski definition) is 4. The van der Waals surface area contributed by atoms with Gasteiger partial charge in [0, 0.05) is 66.7 Å². The molecule has 2 saturated carbocycles. The average molecular weight is 1060 g/mol. The molecule has 2 unspecified atom stereocenters. The molecule has 3 saturated heterocycles. The Bertz CT molecular complexity index is 3150. The smallest absolute Gasteiger partial charge is 0.297 e. The number of aliphatic hydroxyl groups is 1. The van der Waals surface area contributed by atoms with E-state index in [1.54, 1.807) is 6.07 Å². The molecule has 0 bridgehead atoms. The van der Waals surface area contributed by atoms with Gasteiger partial charge in [-0.1, -0.05) is 31.5 Å². The first-order chi connectivity index (χ1) is 36.5. The van der Waals surface area contributed by atoms with Crippen LogP contribution in [0.5, 0.6) is 17.4 Å². The predicted octanol–water partition coefficient (Wildman–Crippen LogP) is 9.40. The molecule has 5 aromatic rings. The summed E-state index contributed by atoms with van der Waals surface area (Å²) in [5.74, 6) is 1.06. The van der Waals surface area contributed by atoms with E-state index in [0.717, 1.165) is 68.2 Å². The summed E-state index contributed by atoms with van der Waals surface area (Å²) in [4.78, 5) is 41.7. The number of benzene rings is 3. The zero-order chi connectivity index (χ0) is 52.7. The number of hydrogen-bond acceptors (Lipinski definition) is 15. The number of H-pyrrole nitrogens is 1. The van der Waals surface area contributed by atoms with Crippen LogP contribution in [-0.4, -0.2) is 115 Å². The van der Waals surface area contributed by atoms with Gasteiger partial charge in [-0.3, -0.25) is 19.8 Å². The first kappa shape index (κ1) is 50.7. The molecule has 4 N–H and O–H groups in total. The second-order valence-electron chi connectivity index (χ2n) is 23.2. The summed E-state index contributed by atoms with van der Waals surface area (Å²) in [7, 11) is -4.72. The number of amides is 1. The number of aromatic amines is 1. The number of nitro groups is 1. The lowest BCUT2D eigenvalue weighted by Gasteiger charge is -2.62. The van der Waals surface area contributed by atoms with E-state index < -0.39 is 43.1 Å². The predicted molar refractivity (Wildman–Crippen MR) is 289 cm³/mol. The van der Waals surface area contributed by atoms with Gasteiger partial charge < -0.3 is 44.2 Å². The highest BCUT2D eigenvalue weighted by Gasteiger charge is 2.55. The van der Waals surface area contributed by atoms with Crippen LogP contribution < -0.4 is 34.0 Å². The van der Waals surface area contributed by atoms with Crippen molar-refractivity contribution in [1.29, 1.82) is 0 Å². The minimum Gasteiger partial charge on any atom is -0.491 e. The maximum Gasteiger partial charge on any atom is 0.297 e. The molecule has 6 atom stereocenters. The number of piperidine rings is 2. The van der Waals surface area contributed by atoms with Crippen molar-refractivity contribution in [3.63, 3.8) is 0 Å². The summed E-state index contributed by atoms with van der Waals surface area (Å²) in [5.41, 5.74) is 3.11. The topological polar surface area (TPSA) is 214 Å². The molecule has 404 valence electrons. The Morgan fingerprint density at radius 3 is 2.54 bits per heavy atom. The Hall–Kier alpha value is -6.15. The van der Waals surface area contributed by atoms with Crippen LogP contribution in [0.25, 0.3) is 11.0 Å². The number of aromatic nitrogens is 2. The van der Waals surface area contributed by atoms with E-state index in [-0.39, 0.29) is 53.1 Å². The zero-order valence-corrected chi connectivity index (χ0v) is 44.7. The quantitative estimate of drug-likeness (QED) is 0.0716. The molecular formula is C57H70N8O10S. The number of anilines is 4. The van der Waals surface area contributed by atoms with Crippen LogP contribution in [0.2, 0.25) is 0 Å². The molecular weight excluding hydrogens is 989 g/mol. The van der Waals surface area contributed by atoms with Gasteiger partial charge in [0.25, 0.3) is 21.6 Å². The number of carbonyl (C=O) groups excluding carboxylic acids is 1. The van der Waals surface area contributed by atoms with Gasteiger partial charge in [0.15, 0.2) is 11.4 Å². The van der Waals surface area contributed by atoms with Gasteiger partial charge in [-0.15, -0.1) is 0 Å². The number of nitro benzene ring substituents is 1. The summed E-state index contributed by atoms with van der Waals surface area (Å²) >= 11 is 0. The fraction of sp³-hybridized carbons (Fsp3) is 0.544. The molecule has 3 aromatic carbocycles. The Morgan fingerprint density at radius 2 is 1.76 bits per heavy atom. The minimum absolute atomic E-state index is 0.00831. The van der Waals surface area contributed by atoms with Crippen LogP contribution in [0.1, 0.15) is 120 Å². The normalized spacial score (nSPS) is 28.3. The van der Waals surface area contributed by atoms with Crippen LogP contribution in [0, 0.1) is 27.4 Å². The summed E-state index contributed by atoms with van der Waals surface area (Å²) in [6, 6.07) is 20.5. The van der Waals surface area contributed by atoms with Crippen molar-refractivity contribution in [2.45, 2.75) is 145 Å². The molecule has 12 rings (SSSR count). The molecule has 7 aliphatic rings. The lowest BCUT2D eigenvalue weighted by Crippen LogP contribution is -2.62. The number of para-hydroxylation sites is 1. The third-order valence-electron chi connectivity index (χ3n) is 18.2. The van der Waals surface area contributed by atoms with Crippen molar-refractivity contribution in [3.05, 3.63) is 94.2 Å². The van der Waals surface area contributed by atoms with Crippen molar-refractivity contribution >= 4 is 55.4 Å². The third kappa shape index (κ3) is 9.27. The molecule has 1 amide bonds. The summed E-state index contributed by atoms with van der Waals surface area (Å²) in [6.45, 7) is 12.1. The molecule has 2 aromatic heterocycles. The zero-order valence-electron chi connectivity index (χ0n) is 43.8. The molecule has 0 radical (unpaired) electrons. The van der Waals surface area contributed by atoms with Gasteiger partial charge in [0.05, 0.1) is 51.5 Å². The number of nitrogens with zero attached hydrogens (tertiary/aromatic N) is 5. The van der Waals surface area contributed by atoms with Crippen molar-refractivity contribution in [2.75, 3.05) is 54.6 Å². The highest BCUT2D eigenvalue weighted by atomic mass is 32.2. The molecule has 76 heavy (non-hydrogen) atoms. The highest BCUT2D eigenvalue weighted by Crippen LogP contribution is 2.58. The summed E-state index contributed by atoms with van der Waals surface area (Å²) in [5, 5.41) is 27.3. The third-order valence-corrected chi connectivity index (χ3v) is 19.5. The number of ether oxygens (including phenoxy) is 4. The highest BCUT2D eigenvalue weighted by molar-refractivity contribution is 7.90. The molecule has 19 heteroatoms. The van der Waals surface area contributed by atoms with Crippen molar-refractivity contribution in [1.82, 2.24) is 19.6 Å². The van der Waals surface area contributed by atoms with Gasteiger partial charge in [-0.05, 0) is 145 Å². The van der Waals surface area contributed by atoms with Gasteiger partial charge in [-0.2, -0.15) is 4.98 Å². The van der Waals surface area contributed by atoms with Gasteiger partial charge in [0.2, 0.25) is 5.88 Å². The number of pyridine rings is 1. The van der Waals surface area contributed by atoms with Crippen molar-refractivity contribution in [3.8, 4) is 17.4 Å². The standard InChI is InChI=1S/C57H70N8O10S/c1-34(2)74-49-11-6-5-9-40(49)43-10-7-8-23-63(43)48-31-57(35(48)3)20-24-62(25-21-57)38-12-13-41(45(28-38)64-44-17-26-72-33-51(44)75-55-47(64)27-37-16-22-58-53(37)60-55)54(66)61-76(70,71)39-29-46(65(68)69)52-50(30-39)73-32-42(59-52)36-14-18-56(4,67)19-15-36/h5-6,9,11-13,16,22,27-30,34-36,42-44,48,51,59,67H,7-8,10,14-15,17-21,23-26,31-33H2,1-4H3,(H,58,60)(H,61,66)/t35?,36?,42-,43+,44+,48?,51+,56?/m1/s1. The molecule has 7 heterocycles. The first-order valence-electron chi connectivity index (χ1n) is 27.5. The lowest BCUT2D eigenvalue weighted by atomic mass is 9.52. The van der Waals surface area contributed by atoms with Crippen LogP contribution >= 0.6 is 0 Å². The lowest BCUT2D eigenvalue weighted by molar-refractivity contribution is -0.384. The van der Waals surface area contributed by atoms with Gasteiger partial charge in [-0.25, -0.2) is 13.1 Å². The second kappa shape index (κ2) is 19.7. The second-order valence-corrected chi connectivity index (χ2v) is 24.8. The van der Waals surface area contributed by atoms with E-state index >= 15 is 0 Å². The summed E-state index contributed by atoms with van der Waals surface area (Å²) in [6.07, 6.45) is 11.3. The Balaban J connectivity index is 0.834. The van der Waals surface area contributed by atoms with Gasteiger partial charge in [0.1, 0.15) is 29.8 Å². The van der Waals surface area contributed by atoms with Crippen molar-refractivity contribution in [2.24, 2.45) is 17.3 Å². The van der Waals surface area contributed by atoms with Crippen LogP contribution in [0.15, 0.2) is 77.8 Å². The van der Waals surface area contributed by atoms with Crippen molar-refractivity contribution < 1.29 is 42.2 Å². The van der Waals surface area contributed by atoms with Crippen LogP contribution in [0.4, 0.5) is 28.4 Å². The molecule has 5 fully saturated rings. The van der Waals surface area contributed by atoms with Crippen LogP contribution in [0.3, 0.4) is 0 Å². The SMILES string of the molecule is CC(C)Oc1ccccc1[C@@H]1CCCCN1C1CC2(CCN(c3ccc(C(=O)NS(=O)(=O)c4cc5c(c([N+](=O)[O-])c4)N[C@@H](C4CCC(C)(O)CC4)CO5)c(N4c5cc6cc[nH]c6nc5O[C@H]5COCC[C@@H]54)c3)CC2)C1C. The molecule has 2 aliphatic carbocycles. The molecule has 18 nitrogen and oxygen atoms in total. The van der Waals surface area contributed by atoms with E-state index in [9.17, 15) is 28.4 Å². The summed E-state index contributed by atoms with van der Waals surface area (Å²) < 4.78 is 56.1.